The Balaban J connectivity index is 3.36. The SMILES string of the molecule is CCc1cc(N)c(CC)c(S(=O)(=O)N(C)CCC#N)c1. The molecule has 0 bridgehead atoms. The molecule has 5 nitrogen and oxygen atoms in total. The summed E-state index contributed by atoms with van der Waals surface area (Å²) in [4.78, 5) is 0.261. The van der Waals surface area contributed by atoms with E-state index in [0.717, 1.165) is 12.0 Å². The van der Waals surface area contributed by atoms with Gasteiger partial charge in [-0.3, -0.25) is 0 Å². The van der Waals surface area contributed by atoms with Crippen molar-refractivity contribution < 1.29 is 8.42 Å². The molecule has 6 heteroatoms. The van der Waals surface area contributed by atoms with Crippen LogP contribution in [-0.4, -0.2) is 26.3 Å². The average molecular weight is 295 g/mol. The molecule has 0 saturated carbocycles. The zero-order valence-electron chi connectivity index (χ0n) is 12.2. The van der Waals surface area contributed by atoms with Crippen molar-refractivity contribution in [1.82, 2.24) is 4.31 Å². The molecule has 1 aromatic rings. The summed E-state index contributed by atoms with van der Waals surface area (Å²) in [6.07, 6.45) is 1.44. The minimum Gasteiger partial charge on any atom is -0.398 e. The number of hydrogen-bond donors (Lipinski definition) is 1. The molecule has 0 amide bonds. The van der Waals surface area contributed by atoms with Crippen LogP contribution in [0.5, 0.6) is 0 Å². The summed E-state index contributed by atoms with van der Waals surface area (Å²) in [5, 5.41) is 8.59. The van der Waals surface area contributed by atoms with Crippen molar-refractivity contribution in [3.63, 3.8) is 0 Å². The molecular weight excluding hydrogens is 274 g/mol. The second-order valence-corrected chi connectivity index (χ2v) is 6.62. The van der Waals surface area contributed by atoms with E-state index in [1.807, 2.05) is 26.0 Å². The van der Waals surface area contributed by atoms with Crippen molar-refractivity contribution in [3.05, 3.63) is 23.3 Å². The Morgan fingerprint density at radius 1 is 1.30 bits per heavy atom. The molecular formula is C14H21N3O2S. The Hall–Kier alpha value is -1.58. The molecule has 0 saturated heterocycles. The molecule has 0 aliphatic rings. The topological polar surface area (TPSA) is 87.2 Å². The third kappa shape index (κ3) is 3.30. The van der Waals surface area contributed by atoms with Gasteiger partial charge in [-0.25, -0.2) is 8.42 Å². The predicted molar refractivity (Wildman–Crippen MR) is 79.7 cm³/mol. The van der Waals surface area contributed by atoms with Crippen LogP contribution >= 0.6 is 0 Å². The number of hydrogen-bond acceptors (Lipinski definition) is 4. The Morgan fingerprint density at radius 2 is 1.95 bits per heavy atom. The molecule has 1 aromatic carbocycles. The molecule has 20 heavy (non-hydrogen) atoms. The fourth-order valence-electron chi connectivity index (χ4n) is 2.03. The van der Waals surface area contributed by atoms with Gasteiger partial charge in [-0.05, 0) is 36.1 Å². The van der Waals surface area contributed by atoms with Crippen LogP contribution in [0.2, 0.25) is 0 Å². The standard InChI is InChI=1S/C14H21N3O2S/c1-4-11-9-13(16)12(5-2)14(10-11)20(18,19)17(3)8-6-7-15/h9-10H,4-6,8,16H2,1-3H3. The summed E-state index contributed by atoms with van der Waals surface area (Å²) in [5.74, 6) is 0. The highest BCUT2D eigenvalue weighted by Gasteiger charge is 2.24. The highest BCUT2D eigenvalue weighted by atomic mass is 32.2. The first-order valence-corrected chi connectivity index (χ1v) is 8.07. The van der Waals surface area contributed by atoms with Crippen LogP contribution in [0.25, 0.3) is 0 Å². The third-order valence-corrected chi connectivity index (χ3v) is 5.22. The number of nitriles is 1. The van der Waals surface area contributed by atoms with Gasteiger partial charge in [-0.2, -0.15) is 9.57 Å². The van der Waals surface area contributed by atoms with E-state index in [9.17, 15) is 8.42 Å². The molecule has 110 valence electrons. The van der Waals surface area contributed by atoms with Gasteiger partial charge in [0.1, 0.15) is 0 Å². The largest absolute Gasteiger partial charge is 0.398 e. The molecule has 0 spiro atoms. The molecule has 0 radical (unpaired) electrons. The number of nitrogens with two attached hydrogens (primary N) is 1. The quantitative estimate of drug-likeness (QED) is 0.812. The van der Waals surface area contributed by atoms with Gasteiger partial charge in [-0.15, -0.1) is 0 Å². The van der Waals surface area contributed by atoms with E-state index in [0.29, 0.717) is 17.7 Å². The lowest BCUT2D eigenvalue weighted by Crippen LogP contribution is -2.29. The van der Waals surface area contributed by atoms with Crippen LogP contribution < -0.4 is 5.73 Å². The molecule has 1 rings (SSSR count). The number of aryl methyl sites for hydroxylation is 1. The maximum absolute atomic E-state index is 12.6. The van der Waals surface area contributed by atoms with E-state index >= 15 is 0 Å². The normalized spacial score (nSPS) is 11.6. The number of anilines is 1. The van der Waals surface area contributed by atoms with E-state index in [1.165, 1.54) is 11.4 Å². The van der Waals surface area contributed by atoms with Crippen LogP contribution in [0, 0.1) is 11.3 Å². The van der Waals surface area contributed by atoms with Gasteiger partial charge in [0.05, 0.1) is 11.0 Å². The van der Waals surface area contributed by atoms with E-state index in [-0.39, 0.29) is 17.9 Å². The summed E-state index contributed by atoms with van der Waals surface area (Å²) in [6.45, 7) is 4.01. The highest BCUT2D eigenvalue weighted by Crippen LogP contribution is 2.27. The van der Waals surface area contributed by atoms with Crippen molar-refractivity contribution >= 4 is 15.7 Å². The van der Waals surface area contributed by atoms with Crippen LogP contribution in [0.1, 0.15) is 31.4 Å². The van der Waals surface area contributed by atoms with E-state index in [2.05, 4.69) is 0 Å². The lowest BCUT2D eigenvalue weighted by molar-refractivity contribution is 0.475. The summed E-state index contributed by atoms with van der Waals surface area (Å²) in [6, 6.07) is 5.47. The summed E-state index contributed by atoms with van der Waals surface area (Å²) < 4.78 is 26.4. The molecule has 2 N–H and O–H groups in total. The molecule has 0 heterocycles. The van der Waals surface area contributed by atoms with Gasteiger partial charge < -0.3 is 5.73 Å². The number of nitrogens with zero attached hydrogens (tertiary/aromatic N) is 2. The second kappa shape index (κ2) is 6.73. The van der Waals surface area contributed by atoms with Gasteiger partial charge in [0.15, 0.2) is 0 Å². The average Bonchev–Trinajstić information content (AvgIpc) is 2.43. The van der Waals surface area contributed by atoms with E-state index in [1.54, 1.807) is 6.07 Å². The van der Waals surface area contributed by atoms with Gasteiger partial charge in [0, 0.05) is 25.7 Å². The lowest BCUT2D eigenvalue weighted by atomic mass is 10.1. The second-order valence-electron chi connectivity index (χ2n) is 4.60. The Labute approximate surface area is 121 Å². The molecule has 0 atom stereocenters. The van der Waals surface area contributed by atoms with Crippen molar-refractivity contribution in [2.24, 2.45) is 0 Å². The van der Waals surface area contributed by atoms with Gasteiger partial charge >= 0.3 is 0 Å². The number of nitrogen functional groups attached to an aromatic ring is 1. The van der Waals surface area contributed by atoms with Crippen LogP contribution in [-0.2, 0) is 22.9 Å². The highest BCUT2D eigenvalue weighted by molar-refractivity contribution is 7.89. The number of sulfonamides is 1. The van der Waals surface area contributed by atoms with Crippen LogP contribution in [0.3, 0.4) is 0 Å². The maximum atomic E-state index is 12.6. The van der Waals surface area contributed by atoms with Gasteiger partial charge in [0.25, 0.3) is 0 Å². The molecule has 0 fully saturated rings. The third-order valence-electron chi connectivity index (χ3n) is 3.29. The first-order valence-electron chi connectivity index (χ1n) is 6.63. The van der Waals surface area contributed by atoms with Crippen molar-refractivity contribution in [1.29, 1.82) is 5.26 Å². The summed E-state index contributed by atoms with van der Waals surface area (Å²) >= 11 is 0. The Kier molecular flexibility index (Phi) is 5.54. The summed E-state index contributed by atoms with van der Waals surface area (Å²) in [5.41, 5.74) is 8.02. The maximum Gasteiger partial charge on any atom is 0.243 e. The zero-order valence-corrected chi connectivity index (χ0v) is 13.0. The number of benzene rings is 1. The van der Waals surface area contributed by atoms with Crippen molar-refractivity contribution in [2.75, 3.05) is 19.3 Å². The summed E-state index contributed by atoms with van der Waals surface area (Å²) in [7, 11) is -2.12. The minimum atomic E-state index is -3.61. The molecule has 0 aliphatic heterocycles. The van der Waals surface area contributed by atoms with Crippen molar-refractivity contribution in [3.8, 4) is 6.07 Å². The molecule has 0 aliphatic carbocycles. The molecule has 0 unspecified atom stereocenters. The Bertz CT molecular complexity index is 618. The monoisotopic (exact) mass is 295 g/mol. The predicted octanol–water partition coefficient (Wildman–Crippen LogP) is 1.93. The van der Waals surface area contributed by atoms with Crippen LogP contribution in [0.4, 0.5) is 5.69 Å². The fourth-order valence-corrected chi connectivity index (χ4v) is 3.58. The number of rotatable bonds is 6. The van der Waals surface area contributed by atoms with Gasteiger partial charge in [-0.1, -0.05) is 13.8 Å². The van der Waals surface area contributed by atoms with Gasteiger partial charge in [0.2, 0.25) is 10.0 Å². The first-order chi connectivity index (χ1) is 9.38. The van der Waals surface area contributed by atoms with Crippen LogP contribution in [0.15, 0.2) is 17.0 Å². The Morgan fingerprint density at radius 3 is 2.45 bits per heavy atom. The lowest BCUT2D eigenvalue weighted by Gasteiger charge is -2.20. The first kappa shape index (κ1) is 16.5. The van der Waals surface area contributed by atoms with E-state index in [4.69, 9.17) is 11.0 Å². The van der Waals surface area contributed by atoms with E-state index < -0.39 is 10.0 Å². The molecule has 0 aromatic heterocycles. The fraction of sp³-hybridized carbons (Fsp3) is 0.500. The minimum absolute atomic E-state index is 0.167. The van der Waals surface area contributed by atoms with Crippen molar-refractivity contribution in [2.45, 2.75) is 38.0 Å². The zero-order chi connectivity index (χ0) is 15.3. The smallest absolute Gasteiger partial charge is 0.243 e.